The predicted molar refractivity (Wildman–Crippen MR) is 70.7 cm³/mol. The third kappa shape index (κ3) is 3.10. The molecule has 1 saturated heterocycles. The number of halogens is 1. The first-order valence-corrected chi connectivity index (χ1v) is 5.98. The normalized spacial score (nSPS) is 16.1. The maximum Gasteiger partial charge on any atom is 0.328 e. The fourth-order valence-electron chi connectivity index (χ4n) is 1.63. The van der Waals surface area contributed by atoms with Crippen LogP contribution in [0.3, 0.4) is 0 Å². The molecule has 7 heteroatoms. The van der Waals surface area contributed by atoms with Crippen LogP contribution in [0.2, 0.25) is 5.02 Å². The first kappa shape index (κ1) is 14.0. The van der Waals surface area contributed by atoms with Crippen LogP contribution in [-0.2, 0) is 14.4 Å². The van der Waals surface area contributed by atoms with E-state index in [4.69, 9.17) is 11.6 Å². The molecule has 0 aromatic heterocycles. The summed E-state index contributed by atoms with van der Waals surface area (Å²) in [6, 6.07) is 5.72. The summed E-state index contributed by atoms with van der Waals surface area (Å²) in [7, 11) is 0. The number of benzene rings is 1. The molecule has 0 spiro atoms. The van der Waals surface area contributed by atoms with Crippen molar-refractivity contribution in [2.45, 2.75) is 0 Å². The van der Waals surface area contributed by atoms with Gasteiger partial charge in [0.15, 0.2) is 11.7 Å². The Balaban J connectivity index is 2.11. The van der Waals surface area contributed by atoms with Gasteiger partial charge in [-0.25, -0.2) is 4.79 Å². The van der Waals surface area contributed by atoms with Gasteiger partial charge in [-0.3, -0.25) is 25.0 Å². The first-order chi connectivity index (χ1) is 9.47. The minimum atomic E-state index is -1.55. The topological polar surface area (TPSA) is 92.3 Å². The number of hydrogen-bond acceptors (Lipinski definition) is 4. The molecule has 1 fully saturated rings. The van der Waals surface area contributed by atoms with Crippen LogP contribution in [-0.4, -0.2) is 23.6 Å². The van der Waals surface area contributed by atoms with Crippen molar-refractivity contribution in [2.75, 3.05) is 0 Å². The molecule has 0 atom stereocenters. The Morgan fingerprint density at radius 1 is 1.05 bits per heavy atom. The SMILES string of the molecule is O=C1NC(=O)C(C(=O)C=Cc2ccc(Cl)cc2)C(=O)N1. The second kappa shape index (κ2) is 5.66. The molecular weight excluding hydrogens is 284 g/mol. The molecule has 1 aliphatic rings. The summed E-state index contributed by atoms with van der Waals surface area (Å²) in [5, 5.41) is 4.28. The fraction of sp³-hybridized carbons (Fsp3) is 0.0769. The fourth-order valence-corrected chi connectivity index (χ4v) is 1.75. The second-order valence-corrected chi connectivity index (χ2v) is 4.46. The quantitative estimate of drug-likeness (QED) is 0.639. The minimum Gasteiger partial charge on any atom is -0.293 e. The zero-order chi connectivity index (χ0) is 14.7. The summed E-state index contributed by atoms with van der Waals surface area (Å²) in [6.45, 7) is 0. The number of barbiturate groups is 1. The van der Waals surface area contributed by atoms with Crippen LogP contribution >= 0.6 is 11.6 Å². The maximum absolute atomic E-state index is 11.8. The standard InChI is InChI=1S/C13H9ClN2O4/c14-8-4-1-7(2-5-8)3-6-9(17)10-11(18)15-13(20)16-12(10)19/h1-6,10H,(H2,15,16,18,19,20). The van der Waals surface area contributed by atoms with Crippen molar-refractivity contribution in [1.29, 1.82) is 0 Å². The van der Waals surface area contributed by atoms with Gasteiger partial charge in [0, 0.05) is 5.02 Å². The highest BCUT2D eigenvalue weighted by atomic mass is 35.5. The molecule has 0 saturated carbocycles. The number of nitrogens with one attached hydrogen (secondary N) is 2. The number of rotatable bonds is 3. The molecule has 0 unspecified atom stereocenters. The summed E-state index contributed by atoms with van der Waals surface area (Å²) in [5.74, 6) is -4.10. The third-order valence-electron chi connectivity index (χ3n) is 2.59. The zero-order valence-electron chi connectivity index (χ0n) is 10.1. The highest BCUT2D eigenvalue weighted by Gasteiger charge is 2.38. The van der Waals surface area contributed by atoms with Gasteiger partial charge in [0.2, 0.25) is 11.8 Å². The lowest BCUT2D eigenvalue weighted by atomic mass is 9.99. The predicted octanol–water partition coefficient (Wildman–Crippen LogP) is 0.905. The minimum absolute atomic E-state index is 0.554. The van der Waals surface area contributed by atoms with Gasteiger partial charge >= 0.3 is 6.03 Å². The van der Waals surface area contributed by atoms with Gasteiger partial charge in [-0.05, 0) is 23.8 Å². The lowest BCUT2D eigenvalue weighted by molar-refractivity contribution is -0.140. The van der Waals surface area contributed by atoms with E-state index in [0.717, 1.165) is 6.08 Å². The molecule has 1 aliphatic heterocycles. The molecule has 2 rings (SSSR count). The maximum atomic E-state index is 11.8. The Labute approximate surface area is 118 Å². The summed E-state index contributed by atoms with van der Waals surface area (Å²) >= 11 is 5.72. The van der Waals surface area contributed by atoms with E-state index in [9.17, 15) is 19.2 Å². The number of amides is 4. The molecule has 102 valence electrons. The number of ketones is 1. The Morgan fingerprint density at radius 2 is 1.60 bits per heavy atom. The van der Waals surface area contributed by atoms with Crippen LogP contribution < -0.4 is 10.6 Å². The molecule has 6 nitrogen and oxygen atoms in total. The number of hydrogen-bond donors (Lipinski definition) is 2. The molecule has 1 heterocycles. The Kier molecular flexibility index (Phi) is 3.95. The molecule has 1 aromatic rings. The largest absolute Gasteiger partial charge is 0.328 e. The van der Waals surface area contributed by atoms with E-state index in [1.807, 2.05) is 10.6 Å². The van der Waals surface area contributed by atoms with Gasteiger partial charge in [0.05, 0.1) is 0 Å². The Morgan fingerprint density at radius 3 is 2.15 bits per heavy atom. The van der Waals surface area contributed by atoms with E-state index < -0.39 is 29.5 Å². The molecule has 0 aliphatic carbocycles. The zero-order valence-corrected chi connectivity index (χ0v) is 10.8. The highest BCUT2D eigenvalue weighted by Crippen LogP contribution is 2.12. The number of allylic oxidation sites excluding steroid dienone is 1. The van der Waals surface area contributed by atoms with E-state index in [-0.39, 0.29) is 0 Å². The van der Waals surface area contributed by atoms with Gasteiger partial charge in [-0.2, -0.15) is 0 Å². The van der Waals surface area contributed by atoms with Crippen LogP contribution in [0.25, 0.3) is 6.08 Å². The second-order valence-electron chi connectivity index (χ2n) is 4.03. The van der Waals surface area contributed by atoms with Crippen molar-refractivity contribution >= 4 is 41.3 Å². The summed E-state index contributed by atoms with van der Waals surface area (Å²) in [5.41, 5.74) is 0.690. The average Bonchev–Trinajstić information content (AvgIpc) is 2.37. The van der Waals surface area contributed by atoms with Crippen molar-refractivity contribution in [2.24, 2.45) is 5.92 Å². The number of imide groups is 2. The molecular formula is C13H9ClN2O4. The van der Waals surface area contributed by atoms with Crippen molar-refractivity contribution in [3.8, 4) is 0 Å². The van der Waals surface area contributed by atoms with Crippen molar-refractivity contribution in [3.05, 3.63) is 40.9 Å². The Bertz CT molecular complexity index is 602. The highest BCUT2D eigenvalue weighted by molar-refractivity contribution is 6.30. The van der Waals surface area contributed by atoms with Crippen LogP contribution in [0, 0.1) is 5.92 Å². The number of urea groups is 1. The lowest BCUT2D eigenvalue weighted by Crippen LogP contribution is -2.57. The Hall–Kier alpha value is -2.47. The van der Waals surface area contributed by atoms with Crippen LogP contribution in [0.15, 0.2) is 30.3 Å². The monoisotopic (exact) mass is 292 g/mol. The third-order valence-corrected chi connectivity index (χ3v) is 2.84. The van der Waals surface area contributed by atoms with E-state index in [1.54, 1.807) is 24.3 Å². The van der Waals surface area contributed by atoms with Gasteiger partial charge in [-0.15, -0.1) is 0 Å². The van der Waals surface area contributed by atoms with Gasteiger partial charge in [0.25, 0.3) is 0 Å². The van der Waals surface area contributed by atoms with E-state index in [2.05, 4.69) is 0 Å². The van der Waals surface area contributed by atoms with Crippen molar-refractivity contribution in [3.63, 3.8) is 0 Å². The molecule has 4 amide bonds. The number of carbonyl (C=O) groups excluding carboxylic acids is 4. The molecule has 2 N–H and O–H groups in total. The van der Waals surface area contributed by atoms with E-state index in [0.29, 0.717) is 10.6 Å². The average molecular weight is 293 g/mol. The van der Waals surface area contributed by atoms with E-state index in [1.165, 1.54) is 6.08 Å². The molecule has 1 aromatic carbocycles. The lowest BCUT2D eigenvalue weighted by Gasteiger charge is -2.18. The smallest absolute Gasteiger partial charge is 0.293 e. The van der Waals surface area contributed by atoms with Crippen LogP contribution in [0.4, 0.5) is 4.79 Å². The summed E-state index contributed by atoms with van der Waals surface area (Å²) in [6.07, 6.45) is 2.57. The van der Waals surface area contributed by atoms with Gasteiger partial charge < -0.3 is 0 Å². The van der Waals surface area contributed by atoms with Crippen LogP contribution in [0.1, 0.15) is 5.56 Å². The molecule has 20 heavy (non-hydrogen) atoms. The van der Waals surface area contributed by atoms with Gasteiger partial charge in [0.1, 0.15) is 0 Å². The summed E-state index contributed by atoms with van der Waals surface area (Å²) < 4.78 is 0. The van der Waals surface area contributed by atoms with Crippen LogP contribution in [0.5, 0.6) is 0 Å². The molecule has 0 bridgehead atoms. The van der Waals surface area contributed by atoms with Gasteiger partial charge in [-0.1, -0.05) is 29.8 Å². The number of carbonyl (C=O) groups is 4. The first-order valence-electron chi connectivity index (χ1n) is 5.60. The van der Waals surface area contributed by atoms with E-state index >= 15 is 0 Å². The van der Waals surface area contributed by atoms with Crippen molar-refractivity contribution in [1.82, 2.24) is 10.6 Å². The summed E-state index contributed by atoms with van der Waals surface area (Å²) in [4.78, 5) is 45.6. The van der Waals surface area contributed by atoms with Crippen molar-refractivity contribution < 1.29 is 19.2 Å². The molecule has 0 radical (unpaired) electrons.